The Balaban J connectivity index is 2.57. The summed E-state index contributed by atoms with van der Waals surface area (Å²) in [6.07, 6.45) is 1.60. The first-order valence-electron chi connectivity index (χ1n) is 5.81. The average molecular weight is 301 g/mol. The Morgan fingerprint density at radius 2 is 2.18 bits per heavy atom. The highest BCUT2D eigenvalue weighted by atomic mass is 79.9. The fraction of sp³-hybridized carbons (Fsp3) is 0.667. The minimum absolute atomic E-state index is 0.0683. The molecule has 17 heavy (non-hydrogen) atoms. The maximum absolute atomic E-state index is 11.3. The van der Waals surface area contributed by atoms with E-state index in [-0.39, 0.29) is 5.41 Å². The van der Waals surface area contributed by atoms with Gasteiger partial charge in [-0.05, 0) is 28.8 Å². The van der Waals surface area contributed by atoms with Gasteiger partial charge in [-0.2, -0.15) is 0 Å². The Morgan fingerprint density at radius 3 is 2.71 bits per heavy atom. The predicted octanol–water partition coefficient (Wildman–Crippen LogP) is 2.91. The van der Waals surface area contributed by atoms with Gasteiger partial charge in [-0.25, -0.2) is 4.98 Å². The minimum atomic E-state index is -0.757. The van der Waals surface area contributed by atoms with Crippen molar-refractivity contribution in [1.29, 1.82) is 0 Å². The second-order valence-corrected chi connectivity index (χ2v) is 6.30. The maximum atomic E-state index is 11.3. The van der Waals surface area contributed by atoms with Gasteiger partial charge in [0.25, 0.3) is 0 Å². The van der Waals surface area contributed by atoms with Gasteiger partial charge in [-0.1, -0.05) is 20.8 Å². The fourth-order valence-electron chi connectivity index (χ4n) is 2.40. The van der Waals surface area contributed by atoms with Crippen LogP contribution in [-0.4, -0.2) is 20.6 Å². The van der Waals surface area contributed by atoms with Crippen LogP contribution in [0.2, 0.25) is 0 Å². The third-order valence-electron chi connectivity index (χ3n) is 3.14. The topological polar surface area (TPSA) is 55.1 Å². The molecule has 1 aromatic rings. The molecule has 1 atom stereocenters. The van der Waals surface area contributed by atoms with E-state index in [1.54, 1.807) is 0 Å². The zero-order chi connectivity index (χ0) is 12.8. The molecule has 1 aliphatic heterocycles. The van der Waals surface area contributed by atoms with Gasteiger partial charge in [-0.15, -0.1) is 0 Å². The number of carbonyl (C=O) groups is 1. The van der Waals surface area contributed by atoms with Gasteiger partial charge in [-0.3, -0.25) is 4.79 Å². The molecule has 0 saturated carbocycles. The van der Waals surface area contributed by atoms with Crippen LogP contribution in [0.15, 0.2) is 4.60 Å². The Hall–Kier alpha value is -0.840. The second-order valence-electron chi connectivity index (χ2n) is 5.55. The van der Waals surface area contributed by atoms with Crippen molar-refractivity contribution >= 4 is 21.9 Å². The fourth-order valence-corrected chi connectivity index (χ4v) is 3.06. The molecule has 2 heterocycles. The van der Waals surface area contributed by atoms with Crippen molar-refractivity contribution in [2.75, 3.05) is 0 Å². The van der Waals surface area contributed by atoms with E-state index in [9.17, 15) is 9.90 Å². The smallest absolute Gasteiger partial charge is 0.312 e. The number of imidazole rings is 1. The van der Waals surface area contributed by atoms with Gasteiger partial charge in [0.05, 0.1) is 11.6 Å². The van der Waals surface area contributed by atoms with Gasteiger partial charge >= 0.3 is 5.97 Å². The van der Waals surface area contributed by atoms with Gasteiger partial charge in [0.15, 0.2) is 0 Å². The van der Waals surface area contributed by atoms with Crippen molar-refractivity contribution in [2.45, 2.75) is 51.5 Å². The number of fused-ring (bicyclic) bond motifs is 1. The Kier molecular flexibility index (Phi) is 3.06. The van der Waals surface area contributed by atoms with Crippen LogP contribution in [0.25, 0.3) is 0 Å². The molecule has 1 unspecified atom stereocenters. The zero-order valence-electron chi connectivity index (χ0n) is 10.3. The van der Waals surface area contributed by atoms with E-state index >= 15 is 0 Å². The SMILES string of the molecule is CC(C)(C)c1nc(Br)c2n1CCCC2C(=O)O. The number of rotatable bonds is 1. The highest BCUT2D eigenvalue weighted by Crippen LogP contribution is 2.37. The van der Waals surface area contributed by atoms with Crippen molar-refractivity contribution in [3.8, 4) is 0 Å². The zero-order valence-corrected chi connectivity index (χ0v) is 11.9. The third kappa shape index (κ3) is 2.12. The third-order valence-corrected chi connectivity index (χ3v) is 3.72. The molecule has 0 spiro atoms. The second kappa shape index (κ2) is 4.12. The molecule has 0 radical (unpaired) electrons. The molecule has 1 N–H and O–H groups in total. The molecule has 0 bridgehead atoms. The van der Waals surface area contributed by atoms with Crippen molar-refractivity contribution in [1.82, 2.24) is 9.55 Å². The molecule has 5 heteroatoms. The molecule has 1 aromatic heterocycles. The molecular weight excluding hydrogens is 284 g/mol. The summed E-state index contributed by atoms with van der Waals surface area (Å²) in [4.78, 5) is 15.8. The number of aliphatic carboxylic acids is 1. The maximum Gasteiger partial charge on any atom is 0.312 e. The summed E-state index contributed by atoms with van der Waals surface area (Å²) in [7, 11) is 0. The normalized spacial score (nSPS) is 20.1. The molecule has 1 aliphatic rings. The van der Waals surface area contributed by atoms with E-state index in [4.69, 9.17) is 0 Å². The van der Waals surface area contributed by atoms with Crippen LogP contribution in [0, 0.1) is 0 Å². The first-order chi connectivity index (χ1) is 7.82. The Morgan fingerprint density at radius 1 is 1.53 bits per heavy atom. The van der Waals surface area contributed by atoms with Crippen LogP contribution in [-0.2, 0) is 16.8 Å². The highest BCUT2D eigenvalue weighted by Gasteiger charge is 2.34. The number of hydrogen-bond acceptors (Lipinski definition) is 2. The number of nitrogens with zero attached hydrogens (tertiary/aromatic N) is 2. The van der Waals surface area contributed by atoms with E-state index < -0.39 is 11.9 Å². The molecule has 94 valence electrons. The molecule has 4 nitrogen and oxygen atoms in total. The van der Waals surface area contributed by atoms with Crippen LogP contribution in [0.1, 0.15) is 51.0 Å². The molecule has 0 aromatic carbocycles. The lowest BCUT2D eigenvalue weighted by atomic mass is 9.93. The number of carboxylic acid groups (broad SMARTS) is 1. The van der Waals surface area contributed by atoms with Crippen molar-refractivity contribution in [2.24, 2.45) is 0 Å². The summed E-state index contributed by atoms with van der Waals surface area (Å²) in [5.74, 6) is -0.223. The summed E-state index contributed by atoms with van der Waals surface area (Å²) in [6.45, 7) is 7.16. The van der Waals surface area contributed by atoms with Crippen LogP contribution in [0.3, 0.4) is 0 Å². The van der Waals surface area contributed by atoms with E-state index in [1.807, 2.05) is 0 Å². The van der Waals surface area contributed by atoms with Crippen molar-refractivity contribution in [3.63, 3.8) is 0 Å². The minimum Gasteiger partial charge on any atom is -0.481 e. The predicted molar refractivity (Wildman–Crippen MR) is 68.2 cm³/mol. The number of aromatic nitrogens is 2. The molecule has 0 amide bonds. The van der Waals surface area contributed by atoms with Gasteiger partial charge < -0.3 is 9.67 Å². The van der Waals surface area contributed by atoms with Crippen molar-refractivity contribution in [3.05, 3.63) is 16.1 Å². The summed E-state index contributed by atoms with van der Waals surface area (Å²) in [6, 6.07) is 0. The van der Waals surface area contributed by atoms with Gasteiger partial charge in [0, 0.05) is 12.0 Å². The molecule has 0 saturated heterocycles. The summed E-state index contributed by atoms with van der Waals surface area (Å²) >= 11 is 3.41. The van der Waals surface area contributed by atoms with Crippen LogP contribution in [0.4, 0.5) is 0 Å². The number of halogens is 1. The first-order valence-corrected chi connectivity index (χ1v) is 6.61. The van der Waals surface area contributed by atoms with Gasteiger partial charge in [0.1, 0.15) is 10.4 Å². The standard InChI is InChI=1S/C12H17BrN2O2/c1-12(2,3)11-14-9(13)8-7(10(16)17)5-4-6-15(8)11/h7H,4-6H2,1-3H3,(H,16,17). The summed E-state index contributed by atoms with van der Waals surface area (Å²) in [5.41, 5.74) is 0.759. The Labute approximate surface area is 109 Å². The van der Waals surface area contributed by atoms with Crippen LogP contribution >= 0.6 is 15.9 Å². The molecular formula is C12H17BrN2O2. The van der Waals surface area contributed by atoms with E-state index in [0.717, 1.165) is 24.5 Å². The molecule has 2 rings (SSSR count). The van der Waals surface area contributed by atoms with E-state index in [2.05, 4.69) is 46.3 Å². The van der Waals surface area contributed by atoms with Gasteiger partial charge in [0.2, 0.25) is 0 Å². The first kappa shape index (κ1) is 12.6. The van der Waals surface area contributed by atoms with Crippen LogP contribution in [0.5, 0.6) is 0 Å². The van der Waals surface area contributed by atoms with E-state index in [1.165, 1.54) is 0 Å². The lowest BCUT2D eigenvalue weighted by Crippen LogP contribution is -2.26. The largest absolute Gasteiger partial charge is 0.481 e. The number of hydrogen-bond donors (Lipinski definition) is 1. The monoisotopic (exact) mass is 300 g/mol. The molecule has 0 fully saturated rings. The number of carboxylic acids is 1. The lowest BCUT2D eigenvalue weighted by molar-refractivity contribution is -0.139. The summed E-state index contributed by atoms with van der Waals surface area (Å²) in [5, 5.41) is 9.26. The summed E-state index contributed by atoms with van der Waals surface area (Å²) < 4.78 is 2.77. The lowest BCUT2D eigenvalue weighted by Gasteiger charge is -2.26. The Bertz CT molecular complexity index is 460. The van der Waals surface area contributed by atoms with Crippen LogP contribution < -0.4 is 0 Å². The highest BCUT2D eigenvalue weighted by molar-refractivity contribution is 9.10. The van der Waals surface area contributed by atoms with Crippen molar-refractivity contribution < 1.29 is 9.90 Å². The van der Waals surface area contributed by atoms with E-state index in [0.29, 0.717) is 11.0 Å². The molecule has 0 aliphatic carbocycles. The average Bonchev–Trinajstić information content (AvgIpc) is 2.56. The quantitative estimate of drug-likeness (QED) is 0.867.